The van der Waals surface area contributed by atoms with Crippen molar-refractivity contribution in [3.05, 3.63) is 107 Å². The Labute approximate surface area is 242 Å². The van der Waals surface area contributed by atoms with Crippen LogP contribution in [0.4, 0.5) is 15.8 Å². The molecule has 0 unspecified atom stereocenters. The average molecular weight is 556 g/mol. The summed E-state index contributed by atoms with van der Waals surface area (Å²) >= 11 is 0. The molecule has 1 saturated carbocycles. The van der Waals surface area contributed by atoms with Gasteiger partial charge in [0.25, 0.3) is 0 Å². The van der Waals surface area contributed by atoms with Gasteiger partial charge in [-0.2, -0.15) is 20.2 Å². The summed E-state index contributed by atoms with van der Waals surface area (Å²) in [5.74, 6) is -0.693. The second-order valence-electron chi connectivity index (χ2n) is 9.84. The Bertz CT molecular complexity index is 1930. The van der Waals surface area contributed by atoms with Gasteiger partial charge in [-0.1, -0.05) is 41.6 Å². The predicted octanol–water partition coefficient (Wildman–Crippen LogP) is 5.71. The SMILES string of the molecule is [2H][C@@](Nc1cc(C#N)c2ncc(C#N)c(N[C@H](CC#N)c3ccccc3)c2c1)(c1ccc(F)nc1)c1cn(C2CC2)nn1. The minimum atomic E-state index is -1.77. The quantitative estimate of drug-likeness (QED) is 0.218. The monoisotopic (exact) mass is 555 g/mol. The van der Waals surface area contributed by atoms with Crippen LogP contribution in [0, 0.1) is 39.9 Å². The molecule has 0 saturated heterocycles. The Morgan fingerprint density at radius 2 is 1.79 bits per heavy atom. The molecule has 0 radical (unpaired) electrons. The van der Waals surface area contributed by atoms with Crippen molar-refractivity contribution >= 4 is 22.3 Å². The number of hydrogen-bond acceptors (Lipinski definition) is 9. The zero-order valence-electron chi connectivity index (χ0n) is 23.2. The molecule has 6 rings (SSSR count). The standard InChI is InChI=1S/C31H23FN10/c32-28-9-6-20(16-36-28)31(27-18-42(41-40-27)24-7-8-24)38-23-12-21(14-34)29-25(13-23)30(22(15-35)17-37-29)39-26(10-11-33)19-4-2-1-3-5-19/h1-6,9,12-13,16-18,24,26,31,38H,7-8,10H2,(H,37,39)/t26-,31-/m1/s1/i31D. The summed E-state index contributed by atoms with van der Waals surface area (Å²) < 4.78 is 25.0. The van der Waals surface area contributed by atoms with Gasteiger partial charge in [0.2, 0.25) is 5.95 Å². The third kappa shape index (κ3) is 5.30. The number of benzene rings is 2. The van der Waals surface area contributed by atoms with Crippen molar-refractivity contribution in [3.63, 3.8) is 0 Å². The molecule has 0 amide bonds. The van der Waals surface area contributed by atoms with Crippen LogP contribution in [0.3, 0.4) is 0 Å². The van der Waals surface area contributed by atoms with Crippen LogP contribution in [-0.4, -0.2) is 25.0 Å². The zero-order chi connectivity index (χ0) is 30.0. The van der Waals surface area contributed by atoms with Gasteiger partial charge >= 0.3 is 0 Å². The van der Waals surface area contributed by atoms with Gasteiger partial charge in [-0.3, -0.25) is 4.98 Å². The van der Waals surface area contributed by atoms with Crippen LogP contribution in [0.2, 0.25) is 0 Å². The van der Waals surface area contributed by atoms with E-state index in [1.165, 1.54) is 18.5 Å². The minimum absolute atomic E-state index is 0.117. The molecule has 0 bridgehead atoms. The van der Waals surface area contributed by atoms with E-state index < -0.39 is 18.0 Å². The van der Waals surface area contributed by atoms with Crippen LogP contribution in [0.25, 0.3) is 10.9 Å². The molecule has 1 aliphatic rings. The van der Waals surface area contributed by atoms with Crippen molar-refractivity contribution in [1.82, 2.24) is 25.0 Å². The molecule has 204 valence electrons. The molecule has 42 heavy (non-hydrogen) atoms. The van der Waals surface area contributed by atoms with Crippen LogP contribution in [-0.2, 0) is 0 Å². The molecule has 2 atom stereocenters. The number of halogens is 1. The fourth-order valence-electron chi connectivity index (χ4n) is 4.76. The number of hydrogen-bond donors (Lipinski definition) is 2. The largest absolute Gasteiger partial charge is 0.376 e. The van der Waals surface area contributed by atoms with Gasteiger partial charge in [0.05, 0.1) is 60.5 Å². The van der Waals surface area contributed by atoms with Crippen LogP contribution in [0.1, 0.15) is 66.7 Å². The van der Waals surface area contributed by atoms with E-state index >= 15 is 0 Å². The third-order valence-electron chi connectivity index (χ3n) is 7.00. The summed E-state index contributed by atoms with van der Waals surface area (Å²) in [4.78, 5) is 8.15. The van der Waals surface area contributed by atoms with Crippen LogP contribution < -0.4 is 10.6 Å². The molecule has 5 aromatic rings. The molecular weight excluding hydrogens is 531 g/mol. The molecule has 11 heteroatoms. The molecule has 1 fully saturated rings. The topological polar surface area (TPSA) is 152 Å². The van der Waals surface area contributed by atoms with Crippen LogP contribution in [0.15, 0.2) is 73.2 Å². The van der Waals surface area contributed by atoms with E-state index in [0.29, 0.717) is 27.8 Å². The summed E-state index contributed by atoms with van der Waals surface area (Å²) in [7, 11) is 0. The number of anilines is 2. The number of fused-ring (bicyclic) bond motifs is 1. The van der Waals surface area contributed by atoms with E-state index in [0.717, 1.165) is 24.5 Å². The Hall–Kier alpha value is -5.86. The summed E-state index contributed by atoms with van der Waals surface area (Å²) in [6.45, 7) is 0. The maximum Gasteiger partial charge on any atom is 0.212 e. The highest BCUT2D eigenvalue weighted by atomic mass is 19.1. The summed E-state index contributed by atoms with van der Waals surface area (Å²) in [5, 5.41) is 45.1. The van der Waals surface area contributed by atoms with E-state index in [9.17, 15) is 21.5 Å². The smallest absolute Gasteiger partial charge is 0.212 e. The minimum Gasteiger partial charge on any atom is -0.376 e. The summed E-state index contributed by atoms with van der Waals surface area (Å²) in [6, 6.07) is 19.7. The van der Waals surface area contributed by atoms with Crippen molar-refractivity contribution in [3.8, 4) is 18.2 Å². The highest BCUT2D eigenvalue weighted by Gasteiger charge is 2.27. The normalized spacial score (nSPS) is 15.0. The second kappa shape index (κ2) is 11.3. The number of rotatable bonds is 9. The highest BCUT2D eigenvalue weighted by Crippen LogP contribution is 2.37. The molecule has 3 heterocycles. The molecule has 2 N–H and O–H groups in total. The summed E-state index contributed by atoms with van der Waals surface area (Å²) in [5.41, 5.74) is 2.92. The first kappa shape index (κ1) is 25.1. The summed E-state index contributed by atoms with van der Waals surface area (Å²) in [6.07, 6.45) is 6.38. The van der Waals surface area contributed by atoms with Crippen molar-refractivity contribution in [2.24, 2.45) is 0 Å². The van der Waals surface area contributed by atoms with Crippen molar-refractivity contribution in [2.45, 2.75) is 37.4 Å². The lowest BCUT2D eigenvalue weighted by Gasteiger charge is -2.22. The van der Waals surface area contributed by atoms with E-state index in [2.05, 4.69) is 49.1 Å². The number of pyridine rings is 2. The highest BCUT2D eigenvalue weighted by molar-refractivity contribution is 5.99. The Balaban J connectivity index is 1.49. The number of nitrogens with one attached hydrogen (secondary N) is 2. The number of aromatic nitrogens is 5. The lowest BCUT2D eigenvalue weighted by molar-refractivity contribution is 0.581. The maximum absolute atomic E-state index is 13.8. The van der Waals surface area contributed by atoms with Gasteiger partial charge in [0.15, 0.2) is 0 Å². The molecule has 10 nitrogen and oxygen atoms in total. The van der Waals surface area contributed by atoms with Crippen molar-refractivity contribution in [2.75, 3.05) is 10.6 Å². The first-order chi connectivity index (χ1) is 20.9. The Kier molecular flexibility index (Phi) is 6.78. The Morgan fingerprint density at radius 3 is 2.48 bits per heavy atom. The average Bonchev–Trinajstić information content (AvgIpc) is 3.76. The van der Waals surface area contributed by atoms with Gasteiger partial charge in [-0.15, -0.1) is 5.10 Å². The first-order valence-corrected chi connectivity index (χ1v) is 13.2. The molecule has 0 aliphatic heterocycles. The van der Waals surface area contributed by atoms with Crippen LogP contribution >= 0.6 is 0 Å². The lowest BCUT2D eigenvalue weighted by Crippen LogP contribution is -2.14. The fourth-order valence-corrected chi connectivity index (χ4v) is 4.76. The Morgan fingerprint density at radius 1 is 0.976 bits per heavy atom. The fraction of sp³-hybridized carbons (Fsp3) is 0.194. The molecule has 0 spiro atoms. The molecule has 3 aromatic heterocycles. The van der Waals surface area contributed by atoms with Gasteiger partial charge in [0, 0.05) is 23.5 Å². The van der Waals surface area contributed by atoms with Gasteiger partial charge < -0.3 is 10.6 Å². The van der Waals surface area contributed by atoms with Crippen molar-refractivity contribution in [1.29, 1.82) is 15.8 Å². The van der Waals surface area contributed by atoms with E-state index in [4.69, 9.17) is 0 Å². The maximum atomic E-state index is 13.8. The molecular formula is C31H23FN10. The van der Waals surface area contributed by atoms with Gasteiger partial charge in [0.1, 0.15) is 17.8 Å². The zero-order valence-corrected chi connectivity index (χ0v) is 22.2. The van der Waals surface area contributed by atoms with E-state index in [-0.39, 0.29) is 29.3 Å². The van der Waals surface area contributed by atoms with Gasteiger partial charge in [-0.25, -0.2) is 9.67 Å². The number of nitriles is 3. The van der Waals surface area contributed by atoms with E-state index in [1.807, 2.05) is 30.3 Å². The van der Waals surface area contributed by atoms with Crippen molar-refractivity contribution < 1.29 is 5.76 Å². The molecule has 1 aliphatic carbocycles. The number of nitrogens with zero attached hydrogens (tertiary/aromatic N) is 8. The molecule has 2 aromatic carbocycles. The van der Waals surface area contributed by atoms with Crippen LogP contribution in [0.5, 0.6) is 0 Å². The second-order valence-corrected chi connectivity index (χ2v) is 9.84. The van der Waals surface area contributed by atoms with E-state index in [1.54, 1.807) is 23.0 Å². The predicted molar refractivity (Wildman–Crippen MR) is 152 cm³/mol. The third-order valence-corrected chi connectivity index (χ3v) is 7.00. The van der Waals surface area contributed by atoms with Gasteiger partial charge in [-0.05, 0) is 42.2 Å². The first-order valence-electron chi connectivity index (χ1n) is 13.7. The lowest BCUT2D eigenvalue weighted by atomic mass is 10.00.